The van der Waals surface area contributed by atoms with Crippen molar-refractivity contribution in [3.05, 3.63) is 39.8 Å². The van der Waals surface area contributed by atoms with Crippen LogP contribution in [0, 0.1) is 13.8 Å². The molecule has 1 aromatic carbocycles. The Morgan fingerprint density at radius 3 is 1.90 bits per heavy atom. The molecule has 0 spiro atoms. The second-order valence-corrected chi connectivity index (χ2v) is 8.22. The number of rotatable bonds is 7. The summed E-state index contributed by atoms with van der Waals surface area (Å²) in [5.74, 6) is -17.1. The molecular weight excluding hydrogens is 471 g/mol. The van der Waals surface area contributed by atoms with Crippen molar-refractivity contribution in [2.45, 2.75) is 44.0 Å². The Morgan fingerprint density at radius 1 is 0.968 bits per heavy atom. The third kappa shape index (κ3) is 4.53. The Morgan fingerprint density at radius 2 is 1.48 bits per heavy atom. The summed E-state index contributed by atoms with van der Waals surface area (Å²) in [5.41, 5.74) is 0.434. The molecule has 1 aromatic rings. The standard InChI is InChI=1S/C17H15F9O4S/c1-4-30-13(27)12(8-11-6-5-9(2)7-10(11)3)31(28,29)17(25,26)15(20,21)14(18,19)16(22,23)24/h5-8H,4H2,1-3H3/b12-8+. The average Bonchev–Trinajstić information content (AvgIpc) is 2.59. The van der Waals surface area contributed by atoms with Crippen molar-refractivity contribution in [1.29, 1.82) is 0 Å². The van der Waals surface area contributed by atoms with E-state index < -0.39 is 50.6 Å². The van der Waals surface area contributed by atoms with E-state index in [1.807, 2.05) is 0 Å². The van der Waals surface area contributed by atoms with Crippen LogP contribution in [0.1, 0.15) is 23.6 Å². The number of aryl methyl sites for hydroxylation is 2. The van der Waals surface area contributed by atoms with Gasteiger partial charge >= 0.3 is 29.2 Å². The summed E-state index contributed by atoms with van der Waals surface area (Å²) in [4.78, 5) is 9.72. The number of carbonyl (C=O) groups is 1. The Bertz CT molecular complexity index is 980. The molecule has 0 radical (unpaired) electrons. The normalized spacial score (nSPS) is 14.5. The van der Waals surface area contributed by atoms with Crippen LogP contribution in [0.4, 0.5) is 39.5 Å². The highest BCUT2D eigenvalue weighted by Crippen LogP contribution is 2.55. The third-order valence-electron chi connectivity index (χ3n) is 3.93. The minimum atomic E-state index is -7.47. The van der Waals surface area contributed by atoms with Crippen LogP contribution in [0.3, 0.4) is 0 Å². The zero-order valence-electron chi connectivity index (χ0n) is 16.0. The van der Waals surface area contributed by atoms with Crippen molar-refractivity contribution in [3.8, 4) is 0 Å². The highest BCUT2D eigenvalue weighted by molar-refractivity contribution is 7.97. The van der Waals surface area contributed by atoms with Gasteiger partial charge in [-0.25, -0.2) is 13.2 Å². The van der Waals surface area contributed by atoms with Gasteiger partial charge < -0.3 is 4.74 Å². The fraction of sp³-hybridized carbons (Fsp3) is 0.471. The van der Waals surface area contributed by atoms with Crippen LogP contribution >= 0.6 is 0 Å². The quantitative estimate of drug-likeness (QED) is 0.308. The fourth-order valence-electron chi connectivity index (χ4n) is 2.24. The molecule has 0 aliphatic heterocycles. The number of esters is 1. The van der Waals surface area contributed by atoms with Gasteiger partial charge in [0.25, 0.3) is 9.84 Å². The van der Waals surface area contributed by atoms with E-state index in [-0.39, 0.29) is 17.2 Å². The summed E-state index contributed by atoms with van der Waals surface area (Å²) in [5, 5.41) is -7.05. The van der Waals surface area contributed by atoms with E-state index in [1.165, 1.54) is 19.1 Å². The molecule has 176 valence electrons. The maximum atomic E-state index is 14.2. The lowest BCUT2D eigenvalue weighted by Gasteiger charge is -2.33. The van der Waals surface area contributed by atoms with Crippen LogP contribution in [0.2, 0.25) is 0 Å². The summed E-state index contributed by atoms with van der Waals surface area (Å²) in [6, 6.07) is 3.75. The highest BCUT2D eigenvalue weighted by Gasteiger charge is 2.85. The molecular formula is C17H15F9O4S. The molecule has 0 N–H and O–H groups in total. The maximum Gasteiger partial charge on any atom is 0.460 e. The number of sulfone groups is 1. The van der Waals surface area contributed by atoms with Gasteiger partial charge in [0.2, 0.25) is 0 Å². The molecule has 14 heteroatoms. The van der Waals surface area contributed by atoms with Crippen molar-refractivity contribution in [2.75, 3.05) is 6.61 Å². The zero-order valence-corrected chi connectivity index (χ0v) is 16.8. The smallest absolute Gasteiger partial charge is 0.460 e. The Labute approximate surface area is 170 Å². The summed E-state index contributed by atoms with van der Waals surface area (Å²) in [6.07, 6.45) is -7.09. The Balaban J connectivity index is 3.82. The topological polar surface area (TPSA) is 60.4 Å². The zero-order chi connectivity index (χ0) is 24.6. The molecule has 0 heterocycles. The number of carbonyl (C=O) groups excluding carboxylic acids is 1. The highest BCUT2D eigenvalue weighted by atomic mass is 32.2. The van der Waals surface area contributed by atoms with Crippen LogP contribution in [0.15, 0.2) is 23.1 Å². The van der Waals surface area contributed by atoms with Crippen molar-refractivity contribution in [2.24, 2.45) is 0 Å². The van der Waals surface area contributed by atoms with Crippen molar-refractivity contribution in [1.82, 2.24) is 0 Å². The number of alkyl halides is 9. The van der Waals surface area contributed by atoms with Gasteiger partial charge in [0.05, 0.1) is 6.61 Å². The van der Waals surface area contributed by atoms with Crippen LogP contribution in [0.5, 0.6) is 0 Å². The largest absolute Gasteiger partial charge is 0.462 e. The molecule has 0 aliphatic carbocycles. The maximum absolute atomic E-state index is 14.2. The summed E-state index contributed by atoms with van der Waals surface area (Å²) in [7, 11) is -7.12. The number of hydrogen-bond donors (Lipinski definition) is 0. The van der Waals surface area contributed by atoms with Gasteiger partial charge in [0.15, 0.2) is 4.91 Å². The first-order valence-corrected chi connectivity index (χ1v) is 9.64. The van der Waals surface area contributed by atoms with E-state index in [1.54, 1.807) is 6.92 Å². The second-order valence-electron chi connectivity index (χ2n) is 6.26. The van der Waals surface area contributed by atoms with Gasteiger partial charge in [-0.05, 0) is 38.0 Å². The fourth-order valence-corrected chi connectivity index (χ4v) is 3.55. The van der Waals surface area contributed by atoms with Gasteiger partial charge in [-0.1, -0.05) is 23.8 Å². The van der Waals surface area contributed by atoms with Crippen molar-refractivity contribution < 1.29 is 57.5 Å². The number of benzene rings is 1. The van der Waals surface area contributed by atoms with E-state index in [2.05, 4.69) is 4.74 Å². The van der Waals surface area contributed by atoms with Crippen LogP contribution in [0.25, 0.3) is 6.08 Å². The van der Waals surface area contributed by atoms with Gasteiger partial charge in [-0.2, -0.15) is 39.5 Å². The van der Waals surface area contributed by atoms with Gasteiger partial charge in [0, 0.05) is 0 Å². The van der Waals surface area contributed by atoms with Crippen LogP contribution in [-0.4, -0.2) is 44.3 Å². The Kier molecular flexibility index (Phi) is 7.22. The molecule has 4 nitrogen and oxygen atoms in total. The van der Waals surface area contributed by atoms with E-state index in [0.717, 1.165) is 13.0 Å². The molecule has 0 atom stereocenters. The van der Waals surface area contributed by atoms with E-state index in [4.69, 9.17) is 0 Å². The van der Waals surface area contributed by atoms with E-state index in [9.17, 15) is 52.7 Å². The first-order chi connectivity index (χ1) is 13.8. The molecule has 1 rings (SSSR count). The summed E-state index contributed by atoms with van der Waals surface area (Å²) in [6.45, 7) is 3.29. The molecule has 0 unspecified atom stereocenters. The van der Waals surface area contributed by atoms with Gasteiger partial charge in [-0.15, -0.1) is 0 Å². The second kappa shape index (κ2) is 8.36. The minimum absolute atomic E-state index is 0.137. The minimum Gasteiger partial charge on any atom is -0.462 e. The predicted octanol–water partition coefficient (Wildman–Crippen LogP) is 5.05. The lowest BCUT2D eigenvalue weighted by atomic mass is 10.1. The molecule has 0 aliphatic rings. The Hall–Kier alpha value is -2.25. The lowest BCUT2D eigenvalue weighted by Crippen LogP contribution is -2.63. The van der Waals surface area contributed by atoms with E-state index in [0.29, 0.717) is 5.56 Å². The monoisotopic (exact) mass is 486 g/mol. The first-order valence-electron chi connectivity index (χ1n) is 8.16. The summed E-state index contributed by atoms with van der Waals surface area (Å²) >= 11 is 0. The van der Waals surface area contributed by atoms with E-state index >= 15 is 0 Å². The van der Waals surface area contributed by atoms with Crippen LogP contribution < -0.4 is 0 Å². The molecule has 0 aromatic heterocycles. The number of halogens is 9. The number of ether oxygens (including phenoxy) is 1. The molecule has 0 amide bonds. The molecule has 31 heavy (non-hydrogen) atoms. The number of hydrogen-bond acceptors (Lipinski definition) is 4. The third-order valence-corrected chi connectivity index (χ3v) is 5.73. The molecule has 0 saturated heterocycles. The SMILES string of the molecule is CCOC(=O)/C(=C\c1ccc(C)cc1C)S(=O)(=O)C(F)(F)C(F)(F)C(F)(F)C(F)(F)F. The lowest BCUT2D eigenvalue weighted by molar-refractivity contribution is -0.382. The van der Waals surface area contributed by atoms with Crippen molar-refractivity contribution in [3.63, 3.8) is 0 Å². The van der Waals surface area contributed by atoms with Crippen LogP contribution in [-0.2, 0) is 19.4 Å². The average molecular weight is 486 g/mol. The van der Waals surface area contributed by atoms with Gasteiger partial charge in [-0.3, -0.25) is 0 Å². The van der Waals surface area contributed by atoms with Crippen molar-refractivity contribution >= 4 is 21.9 Å². The predicted molar refractivity (Wildman–Crippen MR) is 90.3 cm³/mol. The first kappa shape index (κ1) is 26.8. The molecule has 0 bridgehead atoms. The summed E-state index contributed by atoms with van der Waals surface area (Å²) < 4.78 is 147. The molecule has 0 fully saturated rings. The van der Waals surface area contributed by atoms with Gasteiger partial charge in [0.1, 0.15) is 0 Å². The molecule has 0 saturated carbocycles.